The van der Waals surface area contributed by atoms with E-state index in [2.05, 4.69) is 9.47 Å². The Hall–Kier alpha value is -2.19. The van der Waals surface area contributed by atoms with Gasteiger partial charge in [-0.25, -0.2) is 22.0 Å². The largest absolute Gasteiger partial charge is 0.466 e. The van der Waals surface area contributed by atoms with Gasteiger partial charge < -0.3 is 9.47 Å². The predicted octanol–water partition coefficient (Wildman–Crippen LogP) is 2.77. The van der Waals surface area contributed by atoms with E-state index in [-0.39, 0.29) is 13.0 Å². The van der Waals surface area contributed by atoms with Crippen molar-refractivity contribution in [3.63, 3.8) is 0 Å². The summed E-state index contributed by atoms with van der Waals surface area (Å²) in [5.74, 6) is -12.4. The van der Waals surface area contributed by atoms with Crippen molar-refractivity contribution in [2.45, 2.75) is 26.4 Å². The predicted molar refractivity (Wildman–Crippen MR) is 61.9 cm³/mol. The van der Waals surface area contributed by atoms with Crippen LogP contribution in [0.4, 0.5) is 22.0 Å². The third-order valence-electron chi connectivity index (χ3n) is 2.52. The molecule has 22 heavy (non-hydrogen) atoms. The lowest BCUT2D eigenvalue weighted by molar-refractivity contribution is -0.150. The zero-order valence-corrected chi connectivity index (χ0v) is 11.4. The zero-order chi connectivity index (χ0) is 16.9. The summed E-state index contributed by atoms with van der Waals surface area (Å²) in [5.41, 5.74) is -1.26. The van der Waals surface area contributed by atoms with Crippen LogP contribution < -0.4 is 0 Å². The molecule has 122 valence electrons. The fourth-order valence-corrected chi connectivity index (χ4v) is 1.44. The van der Waals surface area contributed by atoms with Crippen molar-refractivity contribution in [1.82, 2.24) is 0 Å². The Balaban J connectivity index is 2.69. The number of hydrogen-bond acceptors (Lipinski definition) is 4. The normalized spacial score (nSPS) is 10.5. The van der Waals surface area contributed by atoms with E-state index in [9.17, 15) is 31.5 Å². The maximum atomic E-state index is 13.3. The van der Waals surface area contributed by atoms with E-state index < -0.39 is 59.6 Å². The minimum absolute atomic E-state index is 0.110. The smallest absolute Gasteiger partial charge is 0.306 e. The maximum absolute atomic E-state index is 13.3. The van der Waals surface area contributed by atoms with Crippen molar-refractivity contribution in [3.8, 4) is 0 Å². The number of carbonyl (C=O) groups excluding carboxylic acids is 2. The number of halogens is 5. The quantitative estimate of drug-likeness (QED) is 0.349. The highest BCUT2D eigenvalue weighted by molar-refractivity contribution is 5.77. The van der Waals surface area contributed by atoms with Crippen LogP contribution in [0.5, 0.6) is 0 Å². The van der Waals surface area contributed by atoms with Crippen molar-refractivity contribution < 1.29 is 41.0 Å². The molecule has 0 atom stereocenters. The molecule has 1 rings (SSSR count). The van der Waals surface area contributed by atoms with Crippen molar-refractivity contribution in [2.24, 2.45) is 0 Å². The van der Waals surface area contributed by atoms with Gasteiger partial charge in [-0.1, -0.05) is 0 Å². The molecule has 0 heterocycles. The van der Waals surface area contributed by atoms with Crippen LogP contribution >= 0.6 is 0 Å². The molecule has 0 saturated carbocycles. The fourth-order valence-electron chi connectivity index (χ4n) is 1.44. The average Bonchev–Trinajstić information content (AvgIpc) is 2.49. The lowest BCUT2D eigenvalue weighted by Gasteiger charge is -2.09. The van der Waals surface area contributed by atoms with Crippen molar-refractivity contribution in [3.05, 3.63) is 34.6 Å². The molecule has 9 heteroatoms. The highest BCUT2D eigenvalue weighted by atomic mass is 19.2. The van der Waals surface area contributed by atoms with Gasteiger partial charge in [0.15, 0.2) is 23.3 Å². The third kappa shape index (κ3) is 4.15. The van der Waals surface area contributed by atoms with Gasteiger partial charge in [0.2, 0.25) is 5.82 Å². The first kappa shape index (κ1) is 17.9. The lowest BCUT2D eigenvalue weighted by Crippen LogP contribution is -2.13. The summed E-state index contributed by atoms with van der Waals surface area (Å²) in [6, 6.07) is 0. The summed E-state index contributed by atoms with van der Waals surface area (Å²) in [4.78, 5) is 22.2. The summed E-state index contributed by atoms with van der Waals surface area (Å²) < 4.78 is 74.1. The van der Waals surface area contributed by atoms with E-state index in [1.807, 2.05) is 0 Å². The zero-order valence-electron chi connectivity index (χ0n) is 11.4. The molecular formula is C13H11F5O4. The second-order valence-electron chi connectivity index (χ2n) is 4.01. The monoisotopic (exact) mass is 326 g/mol. The van der Waals surface area contributed by atoms with Crippen LogP contribution in [-0.2, 0) is 25.7 Å². The summed E-state index contributed by atoms with van der Waals surface area (Å²) in [5, 5.41) is 0. The van der Waals surface area contributed by atoms with Gasteiger partial charge in [-0.2, -0.15) is 0 Å². The first-order valence-electron chi connectivity index (χ1n) is 6.11. The molecular weight excluding hydrogens is 315 g/mol. The summed E-state index contributed by atoms with van der Waals surface area (Å²) in [6.07, 6.45) is -0.780. The molecule has 4 nitrogen and oxygen atoms in total. The van der Waals surface area contributed by atoms with Gasteiger partial charge >= 0.3 is 11.9 Å². The van der Waals surface area contributed by atoms with Crippen LogP contribution in [0, 0.1) is 29.1 Å². The molecule has 0 radical (unpaired) electrons. The van der Waals surface area contributed by atoms with Gasteiger partial charge in [-0.05, 0) is 6.92 Å². The first-order valence-corrected chi connectivity index (χ1v) is 6.11. The second kappa shape index (κ2) is 7.71. The van der Waals surface area contributed by atoms with E-state index in [4.69, 9.17) is 0 Å². The Morgan fingerprint density at radius 3 is 1.64 bits per heavy atom. The molecule has 1 aromatic rings. The van der Waals surface area contributed by atoms with Gasteiger partial charge in [0.1, 0.15) is 6.61 Å². The van der Waals surface area contributed by atoms with Gasteiger partial charge in [0, 0.05) is 0 Å². The van der Waals surface area contributed by atoms with E-state index in [1.54, 1.807) is 6.92 Å². The summed E-state index contributed by atoms with van der Waals surface area (Å²) in [6.45, 7) is 0.519. The van der Waals surface area contributed by atoms with Gasteiger partial charge in [-0.15, -0.1) is 0 Å². The molecule has 0 aliphatic carbocycles. The Labute approximate surface area is 121 Å². The van der Waals surface area contributed by atoms with Crippen molar-refractivity contribution in [1.29, 1.82) is 0 Å². The third-order valence-corrected chi connectivity index (χ3v) is 2.52. The molecule has 0 saturated heterocycles. The number of esters is 2. The highest BCUT2D eigenvalue weighted by Crippen LogP contribution is 2.23. The van der Waals surface area contributed by atoms with Gasteiger partial charge in [0.25, 0.3) is 0 Å². The van der Waals surface area contributed by atoms with Crippen LogP contribution in [-0.4, -0.2) is 18.5 Å². The van der Waals surface area contributed by atoms with Crippen LogP contribution in [0.1, 0.15) is 25.3 Å². The summed E-state index contributed by atoms with van der Waals surface area (Å²) in [7, 11) is 0. The lowest BCUT2D eigenvalue weighted by atomic mass is 10.2. The van der Waals surface area contributed by atoms with E-state index in [1.165, 1.54) is 0 Å². The molecule has 0 aliphatic rings. The molecule has 0 unspecified atom stereocenters. The van der Waals surface area contributed by atoms with Crippen molar-refractivity contribution in [2.75, 3.05) is 6.61 Å². The Kier molecular flexibility index (Phi) is 6.26. The van der Waals surface area contributed by atoms with Crippen LogP contribution in [0.2, 0.25) is 0 Å². The molecule has 0 bridgehead atoms. The second-order valence-corrected chi connectivity index (χ2v) is 4.01. The molecule has 1 aromatic carbocycles. The minimum Gasteiger partial charge on any atom is -0.466 e. The van der Waals surface area contributed by atoms with Gasteiger partial charge in [0.05, 0.1) is 25.0 Å². The van der Waals surface area contributed by atoms with Crippen LogP contribution in [0.15, 0.2) is 0 Å². The van der Waals surface area contributed by atoms with Gasteiger partial charge in [-0.3, -0.25) is 9.59 Å². The van der Waals surface area contributed by atoms with E-state index >= 15 is 0 Å². The standard InChI is InChI=1S/C13H11F5O4/c1-2-21-7(19)3-4-8(20)22-5-6-9(14)11(16)13(18)12(17)10(6)15/h2-5H2,1H3. The number of benzene rings is 1. The van der Waals surface area contributed by atoms with Crippen molar-refractivity contribution >= 4 is 11.9 Å². The van der Waals surface area contributed by atoms with E-state index in [0.29, 0.717) is 0 Å². The Bertz CT molecular complexity index is 559. The molecule has 0 N–H and O–H groups in total. The molecule has 0 fully saturated rings. The molecule has 0 spiro atoms. The number of carbonyl (C=O) groups is 2. The molecule has 0 aliphatic heterocycles. The number of rotatable bonds is 6. The summed E-state index contributed by atoms with van der Waals surface area (Å²) >= 11 is 0. The van der Waals surface area contributed by atoms with Crippen LogP contribution in [0.3, 0.4) is 0 Å². The molecule has 0 aromatic heterocycles. The Morgan fingerprint density at radius 2 is 1.18 bits per heavy atom. The minimum atomic E-state index is -2.30. The highest BCUT2D eigenvalue weighted by Gasteiger charge is 2.26. The topological polar surface area (TPSA) is 52.6 Å². The molecule has 0 amide bonds. The SMILES string of the molecule is CCOC(=O)CCC(=O)OCc1c(F)c(F)c(F)c(F)c1F. The maximum Gasteiger partial charge on any atom is 0.306 e. The Morgan fingerprint density at radius 1 is 0.773 bits per heavy atom. The van der Waals surface area contributed by atoms with Crippen LogP contribution in [0.25, 0.3) is 0 Å². The number of hydrogen-bond donors (Lipinski definition) is 0. The average molecular weight is 326 g/mol. The first-order chi connectivity index (χ1) is 10.3. The number of ether oxygens (including phenoxy) is 2. The fraction of sp³-hybridized carbons (Fsp3) is 0.385. The van der Waals surface area contributed by atoms with E-state index in [0.717, 1.165) is 0 Å².